The number of anilines is 1. The normalized spacial score (nSPS) is 11.7. The molecule has 0 aliphatic rings. The maximum Gasteiger partial charge on any atom is 0.417 e. The number of hydrogen-bond donors (Lipinski definition) is 1. The van der Waals surface area contributed by atoms with Crippen LogP contribution in [0.25, 0.3) is 0 Å². The molecule has 0 atom stereocenters. The molecule has 0 aliphatic carbocycles. The molecule has 0 fully saturated rings. The van der Waals surface area contributed by atoms with Gasteiger partial charge in [-0.15, -0.1) is 0 Å². The fraction of sp³-hybridized carbons (Fsp3) is 0.269. The number of aryl methyl sites for hydroxylation is 1. The summed E-state index contributed by atoms with van der Waals surface area (Å²) >= 11 is 5.71. The number of halogens is 4. The van der Waals surface area contributed by atoms with Gasteiger partial charge in [-0.2, -0.15) is 13.2 Å². The fourth-order valence-electron chi connectivity index (χ4n) is 3.62. The molecule has 3 aromatic carbocycles. The van der Waals surface area contributed by atoms with Gasteiger partial charge in [0.05, 0.1) is 27.8 Å². The van der Waals surface area contributed by atoms with Gasteiger partial charge in [0.2, 0.25) is 5.91 Å². The SMILES string of the molecule is CCOc1ccccc1CCCNC(=O)CN(c1ccc(Cl)c(C(F)(F)F)c1)S(=O)(=O)c1ccccc1. The van der Waals surface area contributed by atoms with E-state index in [-0.39, 0.29) is 17.1 Å². The standard InChI is InChI=1S/C26H26ClF3N2O4S/c1-2-36-24-13-7-6-9-19(24)10-8-16-31-25(33)18-32(37(34,35)21-11-4-3-5-12-21)20-14-15-23(27)22(17-20)26(28,29)30/h3-7,9,11-15,17H,2,8,10,16,18H2,1H3,(H,31,33). The highest BCUT2D eigenvalue weighted by Gasteiger charge is 2.35. The summed E-state index contributed by atoms with van der Waals surface area (Å²) in [6, 6.07) is 17.4. The predicted molar refractivity (Wildman–Crippen MR) is 136 cm³/mol. The van der Waals surface area contributed by atoms with Gasteiger partial charge in [-0.3, -0.25) is 9.10 Å². The quantitative estimate of drug-likeness (QED) is 0.308. The Morgan fingerprint density at radius 2 is 1.70 bits per heavy atom. The average Bonchev–Trinajstić information content (AvgIpc) is 2.86. The Bertz CT molecular complexity index is 1320. The molecule has 0 heterocycles. The third-order valence-corrected chi connectivity index (χ3v) is 7.50. The number of sulfonamides is 1. The number of nitrogens with one attached hydrogen (secondary N) is 1. The average molecular weight is 555 g/mol. The van der Waals surface area contributed by atoms with E-state index in [0.29, 0.717) is 29.8 Å². The first-order chi connectivity index (χ1) is 17.5. The number of benzene rings is 3. The van der Waals surface area contributed by atoms with Gasteiger partial charge in [0.1, 0.15) is 12.3 Å². The molecule has 0 bridgehead atoms. The third-order valence-electron chi connectivity index (χ3n) is 5.38. The second kappa shape index (κ2) is 12.3. The zero-order valence-corrected chi connectivity index (χ0v) is 21.5. The van der Waals surface area contributed by atoms with Crippen molar-refractivity contribution in [2.75, 3.05) is 24.0 Å². The number of rotatable bonds is 11. The molecule has 0 aromatic heterocycles. The van der Waals surface area contributed by atoms with Gasteiger partial charge in [0.25, 0.3) is 10.0 Å². The van der Waals surface area contributed by atoms with Gasteiger partial charge in [-0.25, -0.2) is 8.42 Å². The highest BCUT2D eigenvalue weighted by atomic mass is 35.5. The number of nitrogens with zero attached hydrogens (tertiary/aromatic N) is 1. The number of carbonyl (C=O) groups excluding carboxylic acids is 1. The Morgan fingerprint density at radius 3 is 2.38 bits per heavy atom. The molecule has 0 radical (unpaired) electrons. The van der Waals surface area contributed by atoms with Crippen LogP contribution in [0.15, 0.2) is 77.7 Å². The highest BCUT2D eigenvalue weighted by molar-refractivity contribution is 7.92. The van der Waals surface area contributed by atoms with Crippen LogP contribution in [0, 0.1) is 0 Å². The lowest BCUT2D eigenvalue weighted by Gasteiger charge is -2.25. The number of ether oxygens (including phenoxy) is 1. The van der Waals surface area contributed by atoms with Crippen LogP contribution in [0.3, 0.4) is 0 Å². The topological polar surface area (TPSA) is 75.7 Å². The van der Waals surface area contributed by atoms with Gasteiger partial charge < -0.3 is 10.1 Å². The molecule has 1 N–H and O–H groups in total. The molecule has 1 amide bonds. The first kappa shape index (κ1) is 28.3. The summed E-state index contributed by atoms with van der Waals surface area (Å²) in [6.07, 6.45) is -3.66. The summed E-state index contributed by atoms with van der Waals surface area (Å²) in [5.74, 6) is 0.0840. The molecule has 0 saturated carbocycles. The van der Waals surface area contributed by atoms with E-state index in [4.69, 9.17) is 16.3 Å². The van der Waals surface area contributed by atoms with Gasteiger partial charge in [0.15, 0.2) is 0 Å². The molecule has 0 saturated heterocycles. The first-order valence-electron chi connectivity index (χ1n) is 11.5. The molecular weight excluding hydrogens is 529 g/mol. The Balaban J connectivity index is 1.78. The second-order valence-electron chi connectivity index (χ2n) is 7.98. The van der Waals surface area contributed by atoms with Crippen LogP contribution in [-0.2, 0) is 27.4 Å². The van der Waals surface area contributed by atoms with Crippen molar-refractivity contribution < 1.29 is 31.1 Å². The summed E-state index contributed by atoms with van der Waals surface area (Å²) in [5.41, 5.74) is -0.567. The van der Waals surface area contributed by atoms with Crippen LogP contribution in [0.5, 0.6) is 5.75 Å². The van der Waals surface area contributed by atoms with Crippen molar-refractivity contribution in [3.05, 3.63) is 88.9 Å². The number of para-hydroxylation sites is 1. The minimum absolute atomic E-state index is 0.168. The summed E-state index contributed by atoms with van der Waals surface area (Å²) in [6.45, 7) is 1.91. The summed E-state index contributed by atoms with van der Waals surface area (Å²) < 4.78 is 73.3. The molecule has 3 aromatic rings. The number of hydrogen-bond acceptors (Lipinski definition) is 4. The molecule has 3 rings (SSSR count). The zero-order valence-electron chi connectivity index (χ0n) is 20.0. The second-order valence-corrected chi connectivity index (χ2v) is 10.3. The number of alkyl halides is 3. The van der Waals surface area contributed by atoms with Crippen molar-refractivity contribution in [1.29, 1.82) is 0 Å². The Hall–Kier alpha value is -3.24. The summed E-state index contributed by atoms with van der Waals surface area (Å²) in [4.78, 5) is 12.6. The Morgan fingerprint density at radius 1 is 1.03 bits per heavy atom. The molecule has 11 heteroatoms. The number of carbonyl (C=O) groups is 1. The molecule has 37 heavy (non-hydrogen) atoms. The lowest BCUT2D eigenvalue weighted by Crippen LogP contribution is -2.41. The van der Waals surface area contributed by atoms with Crippen molar-refractivity contribution in [2.45, 2.75) is 30.8 Å². The lowest BCUT2D eigenvalue weighted by molar-refractivity contribution is -0.137. The van der Waals surface area contributed by atoms with E-state index in [2.05, 4.69) is 5.32 Å². The monoisotopic (exact) mass is 554 g/mol. The van der Waals surface area contributed by atoms with Crippen LogP contribution >= 0.6 is 11.6 Å². The maximum absolute atomic E-state index is 13.5. The van der Waals surface area contributed by atoms with Gasteiger partial charge >= 0.3 is 6.18 Å². The Labute approximate surface area is 219 Å². The van der Waals surface area contributed by atoms with Crippen molar-refractivity contribution in [3.63, 3.8) is 0 Å². The van der Waals surface area contributed by atoms with E-state index in [1.54, 1.807) is 6.07 Å². The Kier molecular flexibility index (Phi) is 9.45. The van der Waals surface area contributed by atoms with E-state index < -0.39 is 39.2 Å². The van der Waals surface area contributed by atoms with Crippen molar-refractivity contribution >= 4 is 33.2 Å². The van der Waals surface area contributed by atoms with Crippen molar-refractivity contribution in [2.24, 2.45) is 0 Å². The van der Waals surface area contributed by atoms with Crippen molar-refractivity contribution in [1.82, 2.24) is 5.32 Å². The van der Waals surface area contributed by atoms with Crippen LogP contribution in [0.4, 0.5) is 18.9 Å². The maximum atomic E-state index is 13.5. The first-order valence-corrected chi connectivity index (χ1v) is 13.3. The largest absolute Gasteiger partial charge is 0.494 e. The molecular formula is C26H26ClF3N2O4S. The third kappa shape index (κ3) is 7.39. The zero-order chi connectivity index (χ0) is 27.1. The van der Waals surface area contributed by atoms with Crippen LogP contribution in [0.1, 0.15) is 24.5 Å². The van der Waals surface area contributed by atoms with E-state index in [1.807, 2.05) is 31.2 Å². The van der Waals surface area contributed by atoms with E-state index in [1.165, 1.54) is 24.3 Å². The molecule has 0 spiro atoms. The van der Waals surface area contributed by atoms with E-state index >= 15 is 0 Å². The van der Waals surface area contributed by atoms with Crippen molar-refractivity contribution in [3.8, 4) is 5.75 Å². The highest BCUT2D eigenvalue weighted by Crippen LogP contribution is 2.38. The number of amides is 1. The predicted octanol–water partition coefficient (Wildman–Crippen LogP) is 5.70. The fourth-order valence-corrected chi connectivity index (χ4v) is 5.28. The molecule has 198 valence electrons. The smallest absolute Gasteiger partial charge is 0.417 e. The van der Waals surface area contributed by atoms with Gasteiger partial charge in [-0.05, 0) is 61.7 Å². The van der Waals surface area contributed by atoms with E-state index in [0.717, 1.165) is 23.4 Å². The lowest BCUT2D eigenvalue weighted by atomic mass is 10.1. The minimum atomic E-state index is -4.81. The van der Waals surface area contributed by atoms with Crippen LogP contribution in [0.2, 0.25) is 5.02 Å². The van der Waals surface area contributed by atoms with E-state index in [9.17, 15) is 26.4 Å². The van der Waals surface area contributed by atoms with Gasteiger partial charge in [0, 0.05) is 6.54 Å². The molecule has 0 aliphatic heterocycles. The van der Waals surface area contributed by atoms with Crippen LogP contribution in [-0.4, -0.2) is 34.0 Å². The van der Waals surface area contributed by atoms with Gasteiger partial charge in [-0.1, -0.05) is 48.0 Å². The molecule has 0 unspecified atom stereocenters. The van der Waals surface area contributed by atoms with Crippen LogP contribution < -0.4 is 14.4 Å². The molecule has 6 nitrogen and oxygen atoms in total. The summed E-state index contributed by atoms with van der Waals surface area (Å²) in [7, 11) is -4.36. The minimum Gasteiger partial charge on any atom is -0.494 e. The summed E-state index contributed by atoms with van der Waals surface area (Å²) in [5, 5.41) is 2.07.